The number of carbonyl (C=O) groups excluding carboxylic acids is 1. The van der Waals surface area contributed by atoms with Crippen LogP contribution in [0, 0.1) is 5.82 Å². The topological polar surface area (TPSA) is 20.3 Å². The maximum Gasteiger partial charge on any atom is 0.249 e. The Balaban J connectivity index is 2.20. The molecule has 0 aromatic heterocycles. The fourth-order valence-electron chi connectivity index (χ4n) is 2.39. The Morgan fingerprint density at radius 2 is 2.00 bits per heavy atom. The second-order valence-electron chi connectivity index (χ2n) is 4.64. The lowest BCUT2D eigenvalue weighted by Gasteiger charge is -2.34. The zero-order valence-corrected chi connectivity index (χ0v) is 10.8. The number of piperidine rings is 1. The molecule has 1 amide bonds. The van der Waals surface area contributed by atoms with Crippen LogP contribution >= 0.6 is 0 Å². The smallest absolute Gasteiger partial charge is 0.249 e. The first-order valence-corrected chi connectivity index (χ1v) is 6.35. The molecular weight excluding hydrogens is 229 g/mol. The molecule has 0 radical (unpaired) electrons. The van der Waals surface area contributed by atoms with E-state index in [2.05, 4.69) is 0 Å². The Morgan fingerprint density at radius 3 is 2.61 bits per heavy atom. The van der Waals surface area contributed by atoms with Crippen LogP contribution in [-0.4, -0.2) is 17.4 Å². The number of likely N-dealkylation sites (tertiary alicyclic amines) is 1. The van der Waals surface area contributed by atoms with E-state index in [4.69, 9.17) is 0 Å². The van der Waals surface area contributed by atoms with Gasteiger partial charge >= 0.3 is 0 Å². The fraction of sp³-hybridized carbons (Fsp3) is 0.400. The second-order valence-corrected chi connectivity index (χ2v) is 4.64. The van der Waals surface area contributed by atoms with Crippen molar-refractivity contribution in [3.63, 3.8) is 0 Å². The Kier molecular flexibility index (Phi) is 3.80. The fourth-order valence-corrected chi connectivity index (χ4v) is 2.39. The van der Waals surface area contributed by atoms with Gasteiger partial charge in [0.05, 0.1) is 6.04 Å². The Labute approximate surface area is 107 Å². The van der Waals surface area contributed by atoms with E-state index in [0.29, 0.717) is 0 Å². The molecule has 0 N–H and O–H groups in total. The summed E-state index contributed by atoms with van der Waals surface area (Å²) < 4.78 is 12.9. The minimum Gasteiger partial charge on any atom is -0.332 e. The second kappa shape index (κ2) is 5.34. The van der Waals surface area contributed by atoms with Gasteiger partial charge in [0.15, 0.2) is 0 Å². The lowest BCUT2D eigenvalue weighted by atomic mass is 9.99. The van der Waals surface area contributed by atoms with Gasteiger partial charge < -0.3 is 4.90 Å². The van der Waals surface area contributed by atoms with E-state index in [1.165, 1.54) is 12.1 Å². The third kappa shape index (κ3) is 2.45. The molecule has 1 saturated heterocycles. The van der Waals surface area contributed by atoms with Crippen molar-refractivity contribution in [2.45, 2.75) is 32.7 Å². The lowest BCUT2D eigenvalue weighted by molar-refractivity contribution is -0.130. The van der Waals surface area contributed by atoms with E-state index >= 15 is 0 Å². The molecule has 3 heteroatoms. The molecule has 0 unspecified atom stereocenters. The normalized spacial score (nSPS) is 20.3. The van der Waals surface area contributed by atoms with Crippen molar-refractivity contribution >= 4 is 5.91 Å². The average molecular weight is 247 g/mol. The summed E-state index contributed by atoms with van der Waals surface area (Å²) >= 11 is 0. The SMILES string of the molecule is CC=C1CCCN([C@@H](C)c2ccc(F)cc2)C1=O. The summed E-state index contributed by atoms with van der Waals surface area (Å²) in [6, 6.07) is 6.37. The highest BCUT2D eigenvalue weighted by Crippen LogP contribution is 2.27. The molecule has 2 nitrogen and oxygen atoms in total. The van der Waals surface area contributed by atoms with E-state index in [-0.39, 0.29) is 17.8 Å². The first-order chi connectivity index (χ1) is 8.63. The summed E-state index contributed by atoms with van der Waals surface area (Å²) in [6.45, 7) is 4.66. The number of carbonyl (C=O) groups is 1. The molecule has 0 saturated carbocycles. The summed E-state index contributed by atoms with van der Waals surface area (Å²) in [5.74, 6) is -0.134. The Bertz CT molecular complexity index is 464. The highest BCUT2D eigenvalue weighted by Gasteiger charge is 2.27. The summed E-state index contributed by atoms with van der Waals surface area (Å²) in [6.07, 6.45) is 3.75. The minimum atomic E-state index is -0.245. The van der Waals surface area contributed by atoms with Crippen LogP contribution in [0.1, 0.15) is 38.3 Å². The first kappa shape index (κ1) is 12.8. The Hall–Kier alpha value is -1.64. The van der Waals surface area contributed by atoms with E-state index in [0.717, 1.165) is 30.5 Å². The van der Waals surface area contributed by atoms with Crippen molar-refractivity contribution in [2.75, 3.05) is 6.54 Å². The number of nitrogens with zero attached hydrogens (tertiary/aromatic N) is 1. The highest BCUT2D eigenvalue weighted by atomic mass is 19.1. The molecule has 1 aliphatic rings. The largest absolute Gasteiger partial charge is 0.332 e. The first-order valence-electron chi connectivity index (χ1n) is 6.35. The predicted molar refractivity (Wildman–Crippen MR) is 69.5 cm³/mol. The molecule has 96 valence electrons. The quantitative estimate of drug-likeness (QED) is 0.733. The van der Waals surface area contributed by atoms with Gasteiger partial charge in [0.1, 0.15) is 5.82 Å². The van der Waals surface area contributed by atoms with Crippen LogP contribution < -0.4 is 0 Å². The van der Waals surface area contributed by atoms with Gasteiger partial charge in [-0.15, -0.1) is 0 Å². The number of benzene rings is 1. The highest BCUT2D eigenvalue weighted by molar-refractivity contribution is 5.94. The van der Waals surface area contributed by atoms with Gasteiger partial charge in [-0.05, 0) is 44.4 Å². The number of hydrogen-bond acceptors (Lipinski definition) is 1. The van der Waals surface area contributed by atoms with E-state index < -0.39 is 0 Å². The zero-order valence-electron chi connectivity index (χ0n) is 10.8. The van der Waals surface area contributed by atoms with Crippen LogP contribution in [-0.2, 0) is 4.79 Å². The number of halogens is 1. The molecule has 0 spiro atoms. The molecular formula is C15H18FNO. The molecule has 1 heterocycles. The van der Waals surface area contributed by atoms with Gasteiger partial charge in [-0.3, -0.25) is 4.79 Å². The molecule has 1 aliphatic heterocycles. The van der Waals surface area contributed by atoms with Crippen molar-refractivity contribution in [1.82, 2.24) is 4.90 Å². The molecule has 18 heavy (non-hydrogen) atoms. The van der Waals surface area contributed by atoms with Crippen molar-refractivity contribution in [3.05, 3.63) is 47.3 Å². The summed E-state index contributed by atoms with van der Waals surface area (Å²) in [4.78, 5) is 14.1. The Morgan fingerprint density at radius 1 is 1.33 bits per heavy atom. The summed E-state index contributed by atoms with van der Waals surface area (Å²) in [5, 5.41) is 0. The van der Waals surface area contributed by atoms with Crippen molar-refractivity contribution in [2.24, 2.45) is 0 Å². The van der Waals surface area contributed by atoms with Crippen molar-refractivity contribution < 1.29 is 9.18 Å². The number of hydrogen-bond donors (Lipinski definition) is 0. The van der Waals surface area contributed by atoms with Gasteiger partial charge in [0.25, 0.3) is 0 Å². The van der Waals surface area contributed by atoms with Gasteiger partial charge in [0, 0.05) is 12.1 Å². The van der Waals surface area contributed by atoms with E-state index in [1.54, 1.807) is 12.1 Å². The van der Waals surface area contributed by atoms with Crippen LogP contribution in [0.2, 0.25) is 0 Å². The zero-order chi connectivity index (χ0) is 13.1. The van der Waals surface area contributed by atoms with Crippen molar-refractivity contribution in [3.8, 4) is 0 Å². The van der Waals surface area contributed by atoms with Crippen LogP contribution in [0.3, 0.4) is 0 Å². The van der Waals surface area contributed by atoms with E-state index in [1.807, 2.05) is 24.8 Å². The van der Waals surface area contributed by atoms with Crippen molar-refractivity contribution in [1.29, 1.82) is 0 Å². The molecule has 1 atom stereocenters. The molecule has 0 bridgehead atoms. The lowest BCUT2D eigenvalue weighted by Crippen LogP contribution is -2.38. The molecule has 2 rings (SSSR count). The minimum absolute atomic E-state index is 0.00616. The molecule has 1 fully saturated rings. The average Bonchev–Trinajstić information content (AvgIpc) is 2.39. The molecule has 1 aromatic rings. The van der Waals surface area contributed by atoms with Crippen LogP contribution in [0.4, 0.5) is 4.39 Å². The van der Waals surface area contributed by atoms with E-state index in [9.17, 15) is 9.18 Å². The van der Waals surface area contributed by atoms with Gasteiger partial charge in [-0.25, -0.2) is 4.39 Å². The standard InChI is InChI=1S/C15H18FNO/c1-3-12-5-4-10-17(15(12)18)11(2)13-6-8-14(16)9-7-13/h3,6-9,11H,4-5,10H2,1-2H3/t11-/m0/s1. The number of amides is 1. The monoisotopic (exact) mass is 247 g/mol. The van der Waals surface area contributed by atoms with Crippen LogP contribution in [0.5, 0.6) is 0 Å². The maximum absolute atomic E-state index is 12.9. The predicted octanol–water partition coefficient (Wildman–Crippen LogP) is 3.46. The third-order valence-corrected chi connectivity index (χ3v) is 3.55. The number of allylic oxidation sites excluding steroid dienone is 1. The van der Waals surface area contributed by atoms with Crippen LogP contribution in [0.15, 0.2) is 35.9 Å². The van der Waals surface area contributed by atoms with Gasteiger partial charge in [0.2, 0.25) is 5.91 Å². The molecule has 0 aliphatic carbocycles. The molecule has 1 aromatic carbocycles. The summed E-state index contributed by atoms with van der Waals surface area (Å²) in [5.41, 5.74) is 1.86. The van der Waals surface area contributed by atoms with Gasteiger partial charge in [-0.1, -0.05) is 18.2 Å². The number of rotatable bonds is 2. The third-order valence-electron chi connectivity index (χ3n) is 3.55. The maximum atomic E-state index is 12.9. The van der Waals surface area contributed by atoms with Crippen LogP contribution in [0.25, 0.3) is 0 Å². The summed E-state index contributed by atoms with van der Waals surface area (Å²) in [7, 11) is 0. The van der Waals surface area contributed by atoms with Gasteiger partial charge in [-0.2, -0.15) is 0 Å².